The maximum Gasteiger partial charge on any atom is 0.239 e. The van der Waals surface area contributed by atoms with Crippen LogP contribution in [-0.4, -0.2) is 22.4 Å². The number of nitrogens with zero attached hydrogens (tertiary/aromatic N) is 2. The van der Waals surface area contributed by atoms with Gasteiger partial charge in [-0.2, -0.15) is 0 Å². The third kappa shape index (κ3) is 3.38. The highest BCUT2D eigenvalue weighted by molar-refractivity contribution is 5.92. The molecule has 110 valence electrons. The summed E-state index contributed by atoms with van der Waals surface area (Å²) in [6.45, 7) is 0.679. The number of carbonyl (C=O) groups excluding carboxylic acids is 1. The maximum atomic E-state index is 11.9. The van der Waals surface area contributed by atoms with Gasteiger partial charge in [-0.15, -0.1) is 0 Å². The van der Waals surface area contributed by atoms with Crippen molar-refractivity contribution in [1.82, 2.24) is 15.3 Å². The molecule has 0 radical (unpaired) electrons. The molecule has 3 rings (SSSR count). The van der Waals surface area contributed by atoms with E-state index in [4.69, 9.17) is 0 Å². The fourth-order valence-electron chi connectivity index (χ4n) is 2.19. The lowest BCUT2D eigenvalue weighted by molar-refractivity contribution is -0.119. The van der Waals surface area contributed by atoms with Gasteiger partial charge in [-0.05, 0) is 23.8 Å². The number of pyridine rings is 2. The Balaban J connectivity index is 1.58. The molecule has 0 spiro atoms. The standard InChI is InChI=1S/C17H16N4O/c22-16(21-11-13-4-2-8-18-10-13)12-20-15-7-1-5-14-6-3-9-19-17(14)15/h1-10,20H,11-12H2,(H,21,22). The van der Waals surface area contributed by atoms with E-state index in [1.54, 1.807) is 18.6 Å². The Kier molecular flexibility index (Phi) is 4.25. The van der Waals surface area contributed by atoms with E-state index in [0.717, 1.165) is 22.2 Å². The van der Waals surface area contributed by atoms with Gasteiger partial charge < -0.3 is 10.6 Å². The minimum atomic E-state index is -0.0724. The Morgan fingerprint density at radius 2 is 1.91 bits per heavy atom. The van der Waals surface area contributed by atoms with Gasteiger partial charge in [0.15, 0.2) is 0 Å². The smallest absolute Gasteiger partial charge is 0.239 e. The number of rotatable bonds is 5. The predicted molar refractivity (Wildman–Crippen MR) is 86.3 cm³/mol. The van der Waals surface area contributed by atoms with Crippen molar-refractivity contribution in [3.05, 3.63) is 66.6 Å². The van der Waals surface area contributed by atoms with Crippen LogP contribution in [0.15, 0.2) is 61.1 Å². The number of nitrogens with one attached hydrogen (secondary N) is 2. The first-order valence-electron chi connectivity index (χ1n) is 7.06. The normalized spacial score (nSPS) is 10.4. The van der Waals surface area contributed by atoms with Crippen molar-refractivity contribution in [2.24, 2.45) is 0 Å². The van der Waals surface area contributed by atoms with Crippen LogP contribution >= 0.6 is 0 Å². The van der Waals surface area contributed by atoms with Gasteiger partial charge >= 0.3 is 0 Å². The third-order valence-electron chi connectivity index (χ3n) is 3.28. The van der Waals surface area contributed by atoms with Crippen molar-refractivity contribution in [3.8, 4) is 0 Å². The first-order valence-corrected chi connectivity index (χ1v) is 7.06. The van der Waals surface area contributed by atoms with Crippen LogP contribution in [0.1, 0.15) is 5.56 Å². The van der Waals surface area contributed by atoms with Gasteiger partial charge in [0.25, 0.3) is 0 Å². The molecule has 2 N–H and O–H groups in total. The Labute approximate surface area is 128 Å². The molecular formula is C17H16N4O. The molecule has 0 atom stereocenters. The average molecular weight is 292 g/mol. The molecule has 22 heavy (non-hydrogen) atoms. The fourth-order valence-corrected chi connectivity index (χ4v) is 2.19. The molecule has 0 aliphatic carbocycles. The Morgan fingerprint density at radius 3 is 2.77 bits per heavy atom. The molecule has 0 fully saturated rings. The van der Waals surface area contributed by atoms with Gasteiger partial charge in [0, 0.05) is 30.5 Å². The van der Waals surface area contributed by atoms with Crippen molar-refractivity contribution in [2.45, 2.75) is 6.54 Å². The van der Waals surface area contributed by atoms with E-state index in [1.807, 2.05) is 42.5 Å². The van der Waals surface area contributed by atoms with Crippen LogP contribution < -0.4 is 10.6 Å². The SMILES string of the molecule is O=C(CNc1cccc2cccnc12)NCc1cccnc1. The van der Waals surface area contributed by atoms with Crippen molar-refractivity contribution in [3.63, 3.8) is 0 Å². The number of para-hydroxylation sites is 1. The van der Waals surface area contributed by atoms with Gasteiger partial charge in [-0.25, -0.2) is 0 Å². The third-order valence-corrected chi connectivity index (χ3v) is 3.28. The summed E-state index contributed by atoms with van der Waals surface area (Å²) in [4.78, 5) is 20.3. The number of hydrogen-bond acceptors (Lipinski definition) is 4. The minimum absolute atomic E-state index is 0.0724. The molecule has 1 aromatic carbocycles. The summed E-state index contributed by atoms with van der Waals surface area (Å²) in [6, 6.07) is 13.5. The Morgan fingerprint density at radius 1 is 1.05 bits per heavy atom. The van der Waals surface area contributed by atoms with Crippen molar-refractivity contribution >= 4 is 22.5 Å². The Hall–Kier alpha value is -2.95. The Bertz CT molecular complexity index is 768. The molecular weight excluding hydrogens is 276 g/mol. The second kappa shape index (κ2) is 6.67. The molecule has 5 heteroatoms. The van der Waals surface area contributed by atoms with Gasteiger partial charge in [-0.1, -0.05) is 24.3 Å². The van der Waals surface area contributed by atoms with Gasteiger partial charge in [0.2, 0.25) is 5.91 Å². The topological polar surface area (TPSA) is 66.9 Å². The number of anilines is 1. The van der Waals surface area contributed by atoms with Gasteiger partial charge in [0.1, 0.15) is 0 Å². The zero-order valence-corrected chi connectivity index (χ0v) is 12.0. The molecule has 0 aliphatic rings. The lowest BCUT2D eigenvalue weighted by Gasteiger charge is -2.09. The van der Waals surface area contributed by atoms with E-state index < -0.39 is 0 Å². The summed E-state index contributed by atoms with van der Waals surface area (Å²) < 4.78 is 0. The fraction of sp³-hybridized carbons (Fsp3) is 0.118. The molecule has 0 bridgehead atoms. The number of carbonyl (C=O) groups is 1. The van der Waals surface area contributed by atoms with E-state index in [1.165, 1.54) is 0 Å². The number of aromatic nitrogens is 2. The van der Waals surface area contributed by atoms with E-state index in [9.17, 15) is 4.79 Å². The summed E-state index contributed by atoms with van der Waals surface area (Å²) in [6.07, 6.45) is 5.19. The molecule has 5 nitrogen and oxygen atoms in total. The molecule has 0 aliphatic heterocycles. The van der Waals surface area contributed by atoms with Gasteiger partial charge in [0.05, 0.1) is 17.7 Å². The van der Waals surface area contributed by atoms with Crippen LogP contribution in [-0.2, 0) is 11.3 Å². The molecule has 2 aromatic heterocycles. The highest BCUT2D eigenvalue weighted by Crippen LogP contribution is 2.20. The summed E-state index contributed by atoms with van der Waals surface area (Å²) in [7, 11) is 0. The molecule has 1 amide bonds. The van der Waals surface area contributed by atoms with Crippen molar-refractivity contribution in [2.75, 3.05) is 11.9 Å². The molecule has 3 aromatic rings. The number of hydrogen-bond donors (Lipinski definition) is 2. The van der Waals surface area contributed by atoms with E-state index in [-0.39, 0.29) is 12.5 Å². The summed E-state index contributed by atoms with van der Waals surface area (Å²) in [5.41, 5.74) is 2.70. The van der Waals surface area contributed by atoms with Crippen molar-refractivity contribution in [1.29, 1.82) is 0 Å². The largest absolute Gasteiger partial charge is 0.374 e. The number of benzene rings is 1. The number of amides is 1. The van der Waals surface area contributed by atoms with Crippen LogP contribution in [0.4, 0.5) is 5.69 Å². The quantitative estimate of drug-likeness (QED) is 0.757. The molecule has 0 unspecified atom stereocenters. The monoisotopic (exact) mass is 292 g/mol. The molecule has 0 saturated carbocycles. The molecule has 0 saturated heterocycles. The van der Waals surface area contributed by atoms with Crippen LogP contribution in [0.3, 0.4) is 0 Å². The predicted octanol–water partition coefficient (Wildman–Crippen LogP) is 2.36. The number of fused-ring (bicyclic) bond motifs is 1. The van der Waals surface area contributed by atoms with Crippen LogP contribution in [0.5, 0.6) is 0 Å². The van der Waals surface area contributed by atoms with E-state index in [2.05, 4.69) is 20.6 Å². The van der Waals surface area contributed by atoms with Crippen molar-refractivity contribution < 1.29 is 4.79 Å². The van der Waals surface area contributed by atoms with E-state index >= 15 is 0 Å². The summed E-state index contributed by atoms with van der Waals surface area (Å²) in [5, 5.41) is 7.03. The van der Waals surface area contributed by atoms with Crippen LogP contribution in [0.2, 0.25) is 0 Å². The summed E-state index contributed by atoms with van der Waals surface area (Å²) >= 11 is 0. The van der Waals surface area contributed by atoms with Crippen LogP contribution in [0, 0.1) is 0 Å². The zero-order chi connectivity index (χ0) is 15.2. The lowest BCUT2D eigenvalue weighted by Crippen LogP contribution is -2.29. The summed E-state index contributed by atoms with van der Waals surface area (Å²) in [5.74, 6) is -0.0724. The molecule has 2 heterocycles. The first-order chi connectivity index (χ1) is 10.8. The average Bonchev–Trinajstić information content (AvgIpc) is 2.59. The first kappa shape index (κ1) is 14.0. The second-order valence-corrected chi connectivity index (χ2v) is 4.87. The zero-order valence-electron chi connectivity index (χ0n) is 12.0. The van der Waals surface area contributed by atoms with Gasteiger partial charge in [-0.3, -0.25) is 14.8 Å². The minimum Gasteiger partial charge on any atom is -0.374 e. The lowest BCUT2D eigenvalue weighted by atomic mass is 10.2. The maximum absolute atomic E-state index is 11.9. The van der Waals surface area contributed by atoms with E-state index in [0.29, 0.717) is 6.54 Å². The highest BCUT2D eigenvalue weighted by atomic mass is 16.1. The second-order valence-electron chi connectivity index (χ2n) is 4.87. The highest BCUT2D eigenvalue weighted by Gasteiger charge is 2.04. The van der Waals surface area contributed by atoms with Crippen LogP contribution in [0.25, 0.3) is 10.9 Å².